The number of nitrogens with zero attached hydrogens (tertiary/aromatic N) is 6. The normalized spacial score (nSPS) is 11.1. The maximum absolute atomic E-state index is 12.5. The number of aromatic nitrogens is 6. The number of hydrogen-bond acceptors (Lipinski definition) is 6. The molecule has 0 saturated heterocycles. The molecule has 0 aliphatic heterocycles. The second-order valence-corrected chi connectivity index (χ2v) is 7.84. The van der Waals surface area contributed by atoms with Crippen LogP contribution in [0, 0.1) is 6.57 Å². The fraction of sp³-hybridized carbons (Fsp3) is 0.0476. The van der Waals surface area contributed by atoms with Crippen molar-refractivity contribution >= 4 is 40.1 Å². The Balaban J connectivity index is 1.65. The Kier molecular flexibility index (Phi) is 5.16. The van der Waals surface area contributed by atoms with Gasteiger partial charge in [0, 0.05) is 6.07 Å². The monoisotopic (exact) mass is 495 g/mol. The summed E-state index contributed by atoms with van der Waals surface area (Å²) in [5.41, 5.74) is -0.477. The number of aromatic amines is 1. The Hall–Kier alpha value is -4.40. The van der Waals surface area contributed by atoms with Crippen LogP contribution in [0.4, 0.5) is 5.82 Å². The number of nitrogens with one attached hydrogen (secondary N) is 1. The zero-order valence-electron chi connectivity index (χ0n) is 16.9. The van der Waals surface area contributed by atoms with E-state index in [4.69, 9.17) is 34.2 Å². The highest BCUT2D eigenvalue weighted by Gasteiger charge is 2.19. The van der Waals surface area contributed by atoms with Crippen LogP contribution in [0.15, 0.2) is 67.7 Å². The minimum atomic E-state index is -0.895. The van der Waals surface area contributed by atoms with Crippen molar-refractivity contribution in [2.75, 3.05) is 0 Å². The predicted octanol–water partition coefficient (Wildman–Crippen LogP) is 2.92. The van der Waals surface area contributed by atoms with E-state index in [1.165, 1.54) is 39.9 Å². The van der Waals surface area contributed by atoms with Crippen molar-refractivity contribution in [3.63, 3.8) is 0 Å². The van der Waals surface area contributed by atoms with Gasteiger partial charge in [-0.05, 0) is 35.4 Å². The number of hydrogen-bond donors (Lipinski definition) is 1. The van der Waals surface area contributed by atoms with Crippen LogP contribution in [0.1, 0.15) is 5.76 Å². The highest BCUT2D eigenvalue weighted by Crippen LogP contribution is 2.33. The van der Waals surface area contributed by atoms with Gasteiger partial charge in [0.1, 0.15) is 11.4 Å². The number of fused-ring (bicyclic) bond motifs is 1. The molecule has 1 aromatic carbocycles. The lowest BCUT2D eigenvalue weighted by Gasteiger charge is -2.11. The van der Waals surface area contributed by atoms with E-state index in [0.717, 1.165) is 4.68 Å². The molecule has 0 saturated carbocycles. The van der Waals surface area contributed by atoms with Crippen LogP contribution in [-0.2, 0) is 6.54 Å². The van der Waals surface area contributed by atoms with Gasteiger partial charge in [0.05, 0.1) is 45.8 Å². The van der Waals surface area contributed by atoms with Crippen molar-refractivity contribution in [2.24, 2.45) is 0 Å². The lowest BCUT2D eigenvalue weighted by atomic mass is 10.2. The molecule has 0 amide bonds. The van der Waals surface area contributed by atoms with Crippen LogP contribution in [0.3, 0.4) is 0 Å². The first-order valence-electron chi connectivity index (χ1n) is 9.58. The van der Waals surface area contributed by atoms with Crippen LogP contribution in [0.2, 0.25) is 10.0 Å². The van der Waals surface area contributed by atoms with Crippen molar-refractivity contribution in [1.82, 2.24) is 29.1 Å². The fourth-order valence-electron chi connectivity index (χ4n) is 3.49. The molecule has 0 radical (unpaired) electrons. The third kappa shape index (κ3) is 3.51. The number of rotatable bonds is 4. The summed E-state index contributed by atoms with van der Waals surface area (Å²) in [6.07, 6.45) is 3.03. The standard InChI is InChI=1S/C21H11Cl2N7O4/c1-24-19-20(32)26-21(33)29(27-19)11-7-13(22)18(14(23)8-11)30-15-4-5-17(31)28(16(15)9-25-30)10-12-3-2-6-34-12/h2-9H,10H2,(H,26,32,33). The third-order valence-corrected chi connectivity index (χ3v) is 5.57. The van der Waals surface area contributed by atoms with E-state index in [2.05, 4.69) is 15.0 Å². The van der Waals surface area contributed by atoms with Crippen LogP contribution in [0.5, 0.6) is 0 Å². The van der Waals surface area contributed by atoms with Gasteiger partial charge >= 0.3 is 11.5 Å². The Morgan fingerprint density at radius 2 is 1.82 bits per heavy atom. The van der Waals surface area contributed by atoms with E-state index in [9.17, 15) is 14.4 Å². The summed E-state index contributed by atoms with van der Waals surface area (Å²) < 4.78 is 9.15. The summed E-state index contributed by atoms with van der Waals surface area (Å²) in [5.74, 6) is 0.0870. The Bertz CT molecular complexity index is 1770. The second-order valence-electron chi connectivity index (χ2n) is 7.03. The highest BCUT2D eigenvalue weighted by molar-refractivity contribution is 6.38. The molecule has 0 bridgehead atoms. The zero-order valence-corrected chi connectivity index (χ0v) is 18.4. The van der Waals surface area contributed by atoms with Gasteiger partial charge in [0.2, 0.25) is 0 Å². The van der Waals surface area contributed by atoms with Gasteiger partial charge in [-0.3, -0.25) is 19.1 Å². The quantitative estimate of drug-likeness (QED) is 0.382. The molecule has 4 heterocycles. The largest absolute Gasteiger partial charge is 0.467 e. The molecule has 5 aromatic rings. The molecule has 34 heavy (non-hydrogen) atoms. The molecule has 4 aromatic heterocycles. The number of furan rings is 1. The molecule has 0 spiro atoms. The van der Waals surface area contributed by atoms with E-state index in [1.54, 1.807) is 18.2 Å². The average molecular weight is 496 g/mol. The van der Waals surface area contributed by atoms with Crippen molar-refractivity contribution in [3.05, 3.63) is 107 Å². The molecule has 0 unspecified atom stereocenters. The Morgan fingerprint density at radius 3 is 2.50 bits per heavy atom. The van der Waals surface area contributed by atoms with E-state index < -0.39 is 17.1 Å². The van der Waals surface area contributed by atoms with Gasteiger partial charge in [0.15, 0.2) is 0 Å². The van der Waals surface area contributed by atoms with Gasteiger partial charge in [-0.25, -0.2) is 9.48 Å². The smallest absolute Gasteiger partial charge is 0.365 e. The highest BCUT2D eigenvalue weighted by atomic mass is 35.5. The molecule has 0 aliphatic rings. The molecule has 168 valence electrons. The molecule has 0 fully saturated rings. The molecule has 11 nitrogen and oxygen atoms in total. The maximum Gasteiger partial charge on any atom is 0.365 e. The second kappa shape index (κ2) is 8.18. The predicted molar refractivity (Wildman–Crippen MR) is 123 cm³/mol. The summed E-state index contributed by atoms with van der Waals surface area (Å²) >= 11 is 13.0. The Labute approximate surface area is 198 Å². The summed E-state index contributed by atoms with van der Waals surface area (Å²) in [6.45, 7) is 7.24. The van der Waals surface area contributed by atoms with Gasteiger partial charge in [0.25, 0.3) is 11.1 Å². The van der Waals surface area contributed by atoms with E-state index in [1.807, 2.05) is 4.98 Å². The molecule has 5 rings (SSSR count). The number of pyridine rings is 1. The molecule has 0 aliphatic carbocycles. The van der Waals surface area contributed by atoms with Crippen LogP contribution >= 0.6 is 23.2 Å². The van der Waals surface area contributed by atoms with Gasteiger partial charge < -0.3 is 9.26 Å². The minimum absolute atomic E-state index is 0.112. The zero-order chi connectivity index (χ0) is 24.0. The summed E-state index contributed by atoms with van der Waals surface area (Å²) in [6, 6.07) is 9.28. The van der Waals surface area contributed by atoms with Crippen molar-refractivity contribution in [2.45, 2.75) is 6.54 Å². The van der Waals surface area contributed by atoms with Crippen molar-refractivity contribution in [1.29, 1.82) is 0 Å². The molecular weight excluding hydrogens is 485 g/mol. The summed E-state index contributed by atoms with van der Waals surface area (Å²) in [4.78, 5) is 41.4. The Morgan fingerprint density at radius 1 is 1.06 bits per heavy atom. The number of halogens is 2. The molecule has 0 atom stereocenters. The fourth-order valence-corrected chi connectivity index (χ4v) is 4.12. The van der Waals surface area contributed by atoms with Crippen LogP contribution < -0.4 is 16.8 Å². The van der Waals surface area contributed by atoms with Gasteiger partial charge in [-0.15, -0.1) is 4.68 Å². The first-order chi connectivity index (χ1) is 16.4. The molecule has 13 heteroatoms. The topological polar surface area (TPSA) is 125 Å². The maximum atomic E-state index is 12.5. The number of benzene rings is 1. The first kappa shape index (κ1) is 21.4. The van der Waals surface area contributed by atoms with Crippen LogP contribution in [-0.4, -0.2) is 29.1 Å². The third-order valence-electron chi connectivity index (χ3n) is 5.00. The van der Waals surface area contributed by atoms with Crippen molar-refractivity contribution < 1.29 is 4.42 Å². The van der Waals surface area contributed by atoms with Gasteiger partial charge in [-0.2, -0.15) is 5.10 Å². The average Bonchev–Trinajstić information content (AvgIpc) is 3.46. The van der Waals surface area contributed by atoms with Crippen LogP contribution in [0.25, 0.3) is 27.3 Å². The first-order valence-corrected chi connectivity index (χ1v) is 10.3. The summed E-state index contributed by atoms with van der Waals surface area (Å²) in [5, 5.41) is 8.35. The van der Waals surface area contributed by atoms with E-state index in [-0.39, 0.29) is 27.8 Å². The SMILES string of the molecule is [C-]#[N+]c1nn(-c2cc(Cl)c(-n3ncc4c3ccc(=O)n4Cc3ccco3)c(Cl)c2)c(=O)[nH]c1=O. The molecular formula is C21H11Cl2N7O4. The minimum Gasteiger partial charge on any atom is -0.467 e. The van der Waals surface area contributed by atoms with E-state index >= 15 is 0 Å². The summed E-state index contributed by atoms with van der Waals surface area (Å²) in [7, 11) is 0. The number of H-pyrrole nitrogens is 1. The van der Waals surface area contributed by atoms with Crippen molar-refractivity contribution in [3.8, 4) is 11.4 Å². The lowest BCUT2D eigenvalue weighted by Crippen LogP contribution is -2.30. The van der Waals surface area contributed by atoms with E-state index in [0.29, 0.717) is 22.5 Å². The van der Waals surface area contributed by atoms with Gasteiger partial charge in [-0.1, -0.05) is 29.8 Å². The lowest BCUT2D eigenvalue weighted by molar-refractivity contribution is 0.493. The molecule has 1 N–H and O–H groups in total.